The zero-order valence-electron chi connectivity index (χ0n) is 18.8. The number of carbonyl (C=O) groups is 3. The highest BCUT2D eigenvalue weighted by molar-refractivity contribution is 6.06. The molecule has 1 unspecified atom stereocenters. The molecule has 29 heavy (non-hydrogen) atoms. The van der Waals surface area contributed by atoms with E-state index in [0.29, 0.717) is 29.9 Å². The molecule has 0 radical (unpaired) electrons. The third-order valence-corrected chi connectivity index (χ3v) is 6.10. The van der Waals surface area contributed by atoms with Crippen LogP contribution in [0.4, 0.5) is 0 Å². The van der Waals surface area contributed by atoms with Crippen LogP contribution in [0.5, 0.6) is 0 Å². The van der Waals surface area contributed by atoms with Gasteiger partial charge < -0.3 is 14.2 Å². The minimum atomic E-state index is -0.553. The first-order chi connectivity index (χ1) is 13.8. The lowest BCUT2D eigenvalue weighted by Gasteiger charge is -2.30. The molecule has 1 aliphatic carbocycles. The molecule has 0 aliphatic heterocycles. The monoisotopic (exact) mass is 404 g/mol. The molecular weight excluding hydrogens is 368 g/mol. The SMILES string of the molecule is CCCN(C(=O)C1CCCC1)C(C)C(=O)c1c(C)c(C(=O)OCC)n(CC)c1C. The Morgan fingerprint density at radius 1 is 1.14 bits per heavy atom. The van der Waals surface area contributed by atoms with Crippen molar-refractivity contribution < 1.29 is 19.1 Å². The zero-order valence-corrected chi connectivity index (χ0v) is 18.8. The second-order valence-electron chi connectivity index (χ2n) is 7.95. The number of amides is 1. The van der Waals surface area contributed by atoms with Gasteiger partial charge >= 0.3 is 5.97 Å². The quantitative estimate of drug-likeness (QED) is 0.454. The summed E-state index contributed by atoms with van der Waals surface area (Å²) in [5, 5.41) is 0. The highest BCUT2D eigenvalue weighted by Crippen LogP contribution is 2.29. The Morgan fingerprint density at radius 2 is 1.76 bits per heavy atom. The van der Waals surface area contributed by atoms with Gasteiger partial charge in [-0.2, -0.15) is 0 Å². The van der Waals surface area contributed by atoms with Gasteiger partial charge in [-0.3, -0.25) is 9.59 Å². The number of Topliss-reactive ketones (excluding diaryl/α,β-unsaturated/α-hetero) is 1. The Bertz CT molecular complexity index is 759. The van der Waals surface area contributed by atoms with Crippen molar-refractivity contribution in [2.75, 3.05) is 13.2 Å². The molecular formula is C23H36N2O4. The van der Waals surface area contributed by atoms with Crippen LogP contribution in [0.15, 0.2) is 0 Å². The van der Waals surface area contributed by atoms with Crippen LogP contribution in [0, 0.1) is 19.8 Å². The van der Waals surface area contributed by atoms with E-state index in [1.165, 1.54) is 0 Å². The van der Waals surface area contributed by atoms with Crippen molar-refractivity contribution in [3.05, 3.63) is 22.5 Å². The summed E-state index contributed by atoms with van der Waals surface area (Å²) in [6.07, 6.45) is 4.80. The number of carbonyl (C=O) groups excluding carboxylic acids is 3. The summed E-state index contributed by atoms with van der Waals surface area (Å²) < 4.78 is 7.06. The minimum Gasteiger partial charge on any atom is -0.461 e. The van der Waals surface area contributed by atoms with Crippen molar-refractivity contribution in [2.45, 2.75) is 86.2 Å². The van der Waals surface area contributed by atoms with Crippen LogP contribution < -0.4 is 0 Å². The van der Waals surface area contributed by atoms with Crippen molar-refractivity contribution in [1.82, 2.24) is 9.47 Å². The van der Waals surface area contributed by atoms with E-state index in [1.807, 2.05) is 32.3 Å². The van der Waals surface area contributed by atoms with E-state index in [-0.39, 0.29) is 24.2 Å². The average molecular weight is 405 g/mol. The lowest BCUT2D eigenvalue weighted by atomic mass is 9.98. The normalized spacial score (nSPS) is 15.4. The van der Waals surface area contributed by atoms with Crippen LogP contribution in [-0.2, 0) is 16.1 Å². The Balaban J connectivity index is 2.40. The fourth-order valence-electron chi connectivity index (χ4n) is 4.61. The molecule has 0 spiro atoms. The number of aromatic nitrogens is 1. The Labute approximate surface area is 174 Å². The van der Waals surface area contributed by atoms with Crippen LogP contribution in [0.2, 0.25) is 0 Å². The van der Waals surface area contributed by atoms with Crippen molar-refractivity contribution in [2.24, 2.45) is 5.92 Å². The summed E-state index contributed by atoms with van der Waals surface area (Å²) in [6.45, 7) is 12.6. The maximum Gasteiger partial charge on any atom is 0.355 e. The zero-order chi connectivity index (χ0) is 21.7. The van der Waals surface area contributed by atoms with E-state index >= 15 is 0 Å². The highest BCUT2D eigenvalue weighted by atomic mass is 16.5. The van der Waals surface area contributed by atoms with Gasteiger partial charge in [-0.15, -0.1) is 0 Å². The molecule has 162 valence electrons. The summed E-state index contributed by atoms with van der Waals surface area (Å²) in [4.78, 5) is 40.9. The number of ketones is 1. The van der Waals surface area contributed by atoms with Crippen molar-refractivity contribution >= 4 is 17.7 Å². The summed E-state index contributed by atoms with van der Waals surface area (Å²) in [5.41, 5.74) is 2.38. The Morgan fingerprint density at radius 3 is 2.28 bits per heavy atom. The summed E-state index contributed by atoms with van der Waals surface area (Å²) in [7, 11) is 0. The van der Waals surface area contributed by atoms with Gasteiger partial charge in [-0.05, 0) is 59.4 Å². The second kappa shape index (κ2) is 10.1. The third-order valence-electron chi connectivity index (χ3n) is 6.10. The number of esters is 1. The van der Waals surface area contributed by atoms with E-state index in [0.717, 1.165) is 37.8 Å². The molecule has 6 nitrogen and oxygen atoms in total. The minimum absolute atomic E-state index is 0.0364. The van der Waals surface area contributed by atoms with Gasteiger partial charge in [0.2, 0.25) is 5.91 Å². The van der Waals surface area contributed by atoms with Crippen LogP contribution in [0.25, 0.3) is 0 Å². The van der Waals surface area contributed by atoms with E-state index in [1.54, 1.807) is 18.7 Å². The second-order valence-corrected chi connectivity index (χ2v) is 7.95. The van der Waals surface area contributed by atoms with Gasteiger partial charge in [0.1, 0.15) is 5.69 Å². The van der Waals surface area contributed by atoms with Gasteiger partial charge in [-0.25, -0.2) is 4.79 Å². The van der Waals surface area contributed by atoms with Gasteiger partial charge in [0.05, 0.1) is 12.6 Å². The number of rotatable bonds is 9. The fraction of sp³-hybridized carbons (Fsp3) is 0.696. The van der Waals surface area contributed by atoms with Crippen molar-refractivity contribution in [1.29, 1.82) is 0 Å². The predicted molar refractivity (Wildman–Crippen MR) is 113 cm³/mol. The summed E-state index contributed by atoms with van der Waals surface area (Å²) in [5.74, 6) is -0.373. The highest BCUT2D eigenvalue weighted by Gasteiger charge is 2.35. The fourth-order valence-corrected chi connectivity index (χ4v) is 4.61. The first-order valence-electron chi connectivity index (χ1n) is 11.0. The van der Waals surface area contributed by atoms with E-state index < -0.39 is 12.0 Å². The molecule has 0 N–H and O–H groups in total. The van der Waals surface area contributed by atoms with Crippen LogP contribution in [0.1, 0.15) is 91.9 Å². The molecule has 0 saturated heterocycles. The number of hydrogen-bond donors (Lipinski definition) is 0. The molecule has 6 heteroatoms. The van der Waals surface area contributed by atoms with Crippen LogP contribution in [-0.4, -0.2) is 46.3 Å². The molecule has 1 aliphatic rings. The van der Waals surface area contributed by atoms with Gasteiger partial charge in [0.15, 0.2) is 5.78 Å². The molecule has 1 atom stereocenters. The molecule has 0 aromatic carbocycles. The largest absolute Gasteiger partial charge is 0.461 e. The topological polar surface area (TPSA) is 68.6 Å². The third kappa shape index (κ3) is 4.57. The molecule has 1 aromatic rings. The molecule has 1 amide bonds. The lowest BCUT2D eigenvalue weighted by molar-refractivity contribution is -0.136. The number of ether oxygens (including phenoxy) is 1. The Kier molecular flexibility index (Phi) is 8.05. The van der Waals surface area contributed by atoms with Crippen molar-refractivity contribution in [3.63, 3.8) is 0 Å². The van der Waals surface area contributed by atoms with E-state index in [9.17, 15) is 14.4 Å². The smallest absolute Gasteiger partial charge is 0.355 e. The molecule has 1 saturated carbocycles. The van der Waals surface area contributed by atoms with Crippen molar-refractivity contribution in [3.8, 4) is 0 Å². The summed E-state index contributed by atoms with van der Waals surface area (Å²) in [6, 6.07) is -0.553. The first-order valence-corrected chi connectivity index (χ1v) is 11.0. The van der Waals surface area contributed by atoms with Crippen LogP contribution >= 0.6 is 0 Å². The molecule has 1 fully saturated rings. The maximum absolute atomic E-state index is 13.5. The predicted octanol–water partition coefficient (Wildman–Crippen LogP) is 4.30. The maximum atomic E-state index is 13.5. The van der Waals surface area contributed by atoms with Gasteiger partial charge in [0.25, 0.3) is 0 Å². The Hall–Kier alpha value is -2.11. The molecule has 0 bridgehead atoms. The molecule has 2 rings (SSSR count). The van der Waals surface area contributed by atoms with E-state index in [4.69, 9.17) is 4.74 Å². The lowest BCUT2D eigenvalue weighted by Crippen LogP contribution is -2.46. The number of hydrogen-bond acceptors (Lipinski definition) is 4. The first kappa shape index (κ1) is 23.2. The van der Waals surface area contributed by atoms with Gasteiger partial charge in [-0.1, -0.05) is 19.8 Å². The van der Waals surface area contributed by atoms with E-state index in [2.05, 4.69) is 0 Å². The summed E-state index contributed by atoms with van der Waals surface area (Å²) >= 11 is 0. The van der Waals surface area contributed by atoms with Gasteiger partial charge in [0, 0.05) is 30.3 Å². The standard InChI is InChI=1S/C23H36N2O4/c1-7-14-25(22(27)18-12-10-11-13-18)17(6)21(26)19-15(4)20(23(28)29-9-3)24(8-2)16(19)5/h17-18H,7-14H2,1-6H3. The number of nitrogens with zero attached hydrogens (tertiary/aromatic N) is 2. The van der Waals surface area contributed by atoms with Crippen LogP contribution in [0.3, 0.4) is 0 Å². The average Bonchev–Trinajstić information content (AvgIpc) is 3.31. The molecule has 1 heterocycles. The molecule has 1 aromatic heterocycles.